The number of nitrogens with two attached hydrogens (primary N) is 4. The molecular weight excluding hydrogens is 200 g/mol. The maximum absolute atomic E-state index is 6.56. The molecule has 0 aromatic rings. The molecule has 8 N–H and O–H groups in total. The molecule has 4 heteroatoms. The highest BCUT2D eigenvalue weighted by atomic mass is 14.9. The van der Waals surface area contributed by atoms with E-state index in [0.717, 1.165) is 51.4 Å². The van der Waals surface area contributed by atoms with Gasteiger partial charge in [-0.2, -0.15) is 0 Å². The Morgan fingerprint density at radius 2 is 1.38 bits per heavy atom. The topological polar surface area (TPSA) is 104 Å². The molecule has 0 amide bonds. The summed E-state index contributed by atoms with van der Waals surface area (Å²) in [6.45, 7) is 0. The Hall–Kier alpha value is -0.160. The van der Waals surface area contributed by atoms with Gasteiger partial charge in [-0.25, -0.2) is 0 Å². The minimum Gasteiger partial charge on any atom is -0.328 e. The summed E-state index contributed by atoms with van der Waals surface area (Å²) in [5.74, 6) is 0. The number of hydrogen-bond acceptors (Lipinski definition) is 4. The van der Waals surface area contributed by atoms with Crippen LogP contribution in [0.3, 0.4) is 0 Å². The zero-order valence-corrected chi connectivity index (χ0v) is 10.1. The van der Waals surface area contributed by atoms with Gasteiger partial charge in [0.1, 0.15) is 0 Å². The highest BCUT2D eigenvalue weighted by Gasteiger charge is 2.48. The van der Waals surface area contributed by atoms with Crippen LogP contribution in [0.1, 0.15) is 51.4 Å². The molecule has 16 heavy (non-hydrogen) atoms. The van der Waals surface area contributed by atoms with Crippen molar-refractivity contribution in [3.8, 4) is 0 Å². The molecule has 2 unspecified atom stereocenters. The minimum atomic E-state index is -0.259. The van der Waals surface area contributed by atoms with Gasteiger partial charge in [0.05, 0.1) is 0 Å². The van der Waals surface area contributed by atoms with E-state index in [1.54, 1.807) is 0 Å². The van der Waals surface area contributed by atoms with Gasteiger partial charge in [-0.15, -0.1) is 0 Å². The maximum Gasteiger partial charge on any atom is 0.0351 e. The average Bonchev–Trinajstić information content (AvgIpc) is 2.22. The van der Waals surface area contributed by atoms with Crippen LogP contribution in [0, 0.1) is 0 Å². The molecule has 4 nitrogen and oxygen atoms in total. The van der Waals surface area contributed by atoms with Crippen molar-refractivity contribution in [3.63, 3.8) is 0 Å². The van der Waals surface area contributed by atoms with Crippen LogP contribution in [-0.2, 0) is 0 Å². The number of hydrogen-bond donors (Lipinski definition) is 4. The Balaban J connectivity index is 2.09. The fraction of sp³-hybridized carbons (Fsp3) is 1.00. The molecule has 94 valence electrons. The highest BCUT2D eigenvalue weighted by Crippen LogP contribution is 2.40. The van der Waals surface area contributed by atoms with E-state index in [1.165, 1.54) is 0 Å². The van der Waals surface area contributed by atoms with Gasteiger partial charge in [0, 0.05) is 23.2 Å². The summed E-state index contributed by atoms with van der Waals surface area (Å²) in [5, 5.41) is 0. The van der Waals surface area contributed by atoms with Crippen molar-refractivity contribution < 1.29 is 0 Å². The van der Waals surface area contributed by atoms with E-state index in [2.05, 4.69) is 0 Å². The molecule has 2 aliphatic rings. The van der Waals surface area contributed by atoms with E-state index in [-0.39, 0.29) is 17.1 Å². The first kappa shape index (κ1) is 12.3. The molecular formula is C12H26N4. The maximum atomic E-state index is 6.56. The fourth-order valence-electron chi connectivity index (χ4n) is 3.46. The van der Waals surface area contributed by atoms with E-state index >= 15 is 0 Å². The van der Waals surface area contributed by atoms with Crippen LogP contribution in [-0.4, -0.2) is 23.2 Å². The van der Waals surface area contributed by atoms with Gasteiger partial charge in [-0.1, -0.05) is 6.42 Å². The first-order valence-electron chi connectivity index (χ1n) is 6.54. The first-order chi connectivity index (χ1) is 7.45. The molecule has 2 fully saturated rings. The van der Waals surface area contributed by atoms with E-state index in [9.17, 15) is 0 Å². The molecule has 0 spiro atoms. The van der Waals surface area contributed by atoms with Crippen molar-refractivity contribution in [2.24, 2.45) is 22.9 Å². The Morgan fingerprint density at radius 3 is 1.94 bits per heavy atom. The Bertz CT molecular complexity index is 247. The average molecular weight is 226 g/mol. The molecule has 0 heterocycles. The standard InChI is InChI=1S/C12H26N4/c13-9-3-6-11(15,7-4-9)12(16)5-1-2-10(14)8-12/h9-10H,1-8,13-16H2. The highest BCUT2D eigenvalue weighted by molar-refractivity contribution is 5.11. The Kier molecular flexibility index (Phi) is 3.27. The van der Waals surface area contributed by atoms with Crippen LogP contribution < -0.4 is 22.9 Å². The van der Waals surface area contributed by atoms with Gasteiger partial charge in [0.15, 0.2) is 0 Å². The SMILES string of the molecule is NC1CCC(N)(C2(N)CCCC(N)C2)CC1. The zero-order chi connectivity index (χ0) is 11.8. The summed E-state index contributed by atoms with van der Waals surface area (Å²) in [6.07, 6.45) is 8.02. The third-order valence-electron chi connectivity index (χ3n) is 4.74. The lowest BCUT2D eigenvalue weighted by atomic mass is 9.62. The molecule has 2 atom stereocenters. The lowest BCUT2D eigenvalue weighted by Gasteiger charge is -2.52. The third-order valence-corrected chi connectivity index (χ3v) is 4.74. The van der Waals surface area contributed by atoms with Crippen LogP contribution in [0.4, 0.5) is 0 Å². The van der Waals surface area contributed by atoms with Crippen molar-refractivity contribution in [3.05, 3.63) is 0 Å². The van der Waals surface area contributed by atoms with Gasteiger partial charge in [-0.3, -0.25) is 0 Å². The van der Waals surface area contributed by atoms with Crippen LogP contribution >= 0.6 is 0 Å². The molecule has 0 aromatic heterocycles. The molecule has 2 rings (SSSR count). The molecule has 0 radical (unpaired) electrons. The van der Waals surface area contributed by atoms with Crippen molar-refractivity contribution >= 4 is 0 Å². The van der Waals surface area contributed by atoms with Crippen LogP contribution in [0.25, 0.3) is 0 Å². The molecule has 2 aliphatic carbocycles. The van der Waals surface area contributed by atoms with E-state index in [1.807, 2.05) is 0 Å². The van der Waals surface area contributed by atoms with Crippen LogP contribution in [0.2, 0.25) is 0 Å². The normalized spacial score (nSPS) is 50.2. The summed E-state index contributed by atoms with van der Waals surface area (Å²) in [4.78, 5) is 0. The third kappa shape index (κ3) is 2.12. The van der Waals surface area contributed by atoms with Gasteiger partial charge in [0.25, 0.3) is 0 Å². The monoisotopic (exact) mass is 226 g/mol. The summed E-state index contributed by atoms with van der Waals surface area (Å²) in [5.41, 5.74) is 24.6. The molecule has 0 bridgehead atoms. The van der Waals surface area contributed by atoms with Crippen molar-refractivity contribution in [1.82, 2.24) is 0 Å². The second-order valence-corrected chi connectivity index (χ2v) is 6.01. The lowest BCUT2D eigenvalue weighted by Crippen LogP contribution is -2.69. The van der Waals surface area contributed by atoms with Crippen molar-refractivity contribution in [2.45, 2.75) is 74.5 Å². The first-order valence-corrected chi connectivity index (χ1v) is 6.54. The van der Waals surface area contributed by atoms with E-state index in [4.69, 9.17) is 22.9 Å². The predicted molar refractivity (Wildman–Crippen MR) is 66.7 cm³/mol. The van der Waals surface area contributed by atoms with Gasteiger partial charge in [-0.05, 0) is 44.9 Å². The quantitative estimate of drug-likeness (QED) is 0.512. The molecule has 0 aromatic carbocycles. The minimum absolute atomic E-state index is 0.231. The van der Waals surface area contributed by atoms with Crippen LogP contribution in [0.5, 0.6) is 0 Å². The largest absolute Gasteiger partial charge is 0.328 e. The van der Waals surface area contributed by atoms with Gasteiger partial charge >= 0.3 is 0 Å². The summed E-state index contributed by atoms with van der Waals surface area (Å²) in [7, 11) is 0. The summed E-state index contributed by atoms with van der Waals surface area (Å²) < 4.78 is 0. The zero-order valence-electron chi connectivity index (χ0n) is 10.1. The smallest absolute Gasteiger partial charge is 0.0351 e. The Labute approximate surface area is 98.1 Å². The number of rotatable bonds is 1. The lowest BCUT2D eigenvalue weighted by molar-refractivity contribution is 0.104. The molecule has 0 aliphatic heterocycles. The Morgan fingerprint density at radius 1 is 0.750 bits per heavy atom. The van der Waals surface area contributed by atoms with E-state index < -0.39 is 0 Å². The van der Waals surface area contributed by atoms with Crippen molar-refractivity contribution in [1.29, 1.82) is 0 Å². The second kappa shape index (κ2) is 4.26. The van der Waals surface area contributed by atoms with Gasteiger partial charge < -0.3 is 22.9 Å². The fourth-order valence-corrected chi connectivity index (χ4v) is 3.46. The predicted octanol–water partition coefficient (Wildman–Crippen LogP) is 0.184. The second-order valence-electron chi connectivity index (χ2n) is 6.01. The summed E-state index contributed by atoms with van der Waals surface area (Å²) >= 11 is 0. The summed E-state index contributed by atoms with van der Waals surface area (Å²) in [6, 6.07) is 0.548. The molecule has 0 saturated heterocycles. The van der Waals surface area contributed by atoms with Crippen LogP contribution in [0.15, 0.2) is 0 Å². The van der Waals surface area contributed by atoms with Gasteiger partial charge in [0.2, 0.25) is 0 Å². The van der Waals surface area contributed by atoms with E-state index in [0.29, 0.717) is 6.04 Å². The van der Waals surface area contributed by atoms with Crippen molar-refractivity contribution in [2.75, 3.05) is 0 Å². The molecule has 2 saturated carbocycles.